The Hall–Kier alpha value is -0.930. The third-order valence-corrected chi connectivity index (χ3v) is 3.86. The fourth-order valence-corrected chi connectivity index (χ4v) is 2.59. The normalized spacial score (nSPS) is 16.8. The van der Waals surface area contributed by atoms with Crippen molar-refractivity contribution in [2.24, 2.45) is 0 Å². The fraction of sp³-hybridized carbons (Fsp3) is 0.571. The van der Waals surface area contributed by atoms with Gasteiger partial charge in [-0.1, -0.05) is 18.0 Å². The summed E-state index contributed by atoms with van der Waals surface area (Å²) in [5.41, 5.74) is 8.65. The third kappa shape index (κ3) is 3.53. The first-order valence-corrected chi connectivity index (χ1v) is 7.06. The van der Waals surface area contributed by atoms with E-state index in [-0.39, 0.29) is 0 Å². The Bertz CT molecular complexity index is 400. The van der Waals surface area contributed by atoms with Gasteiger partial charge < -0.3 is 16.0 Å². The van der Waals surface area contributed by atoms with E-state index in [0.29, 0.717) is 10.7 Å². The van der Waals surface area contributed by atoms with Gasteiger partial charge in [0.1, 0.15) is 0 Å². The highest BCUT2D eigenvalue weighted by Crippen LogP contribution is 2.26. The predicted molar refractivity (Wildman–Crippen MR) is 79.4 cm³/mol. The van der Waals surface area contributed by atoms with E-state index in [1.807, 2.05) is 12.1 Å². The molecule has 1 fully saturated rings. The average Bonchev–Trinajstić information content (AvgIpc) is 2.37. The molecule has 0 radical (unpaired) electrons. The van der Waals surface area contributed by atoms with Gasteiger partial charge in [-0.25, -0.2) is 0 Å². The molecule has 18 heavy (non-hydrogen) atoms. The highest BCUT2D eigenvalue weighted by Gasteiger charge is 2.09. The van der Waals surface area contributed by atoms with Crippen LogP contribution >= 0.6 is 11.6 Å². The Morgan fingerprint density at radius 2 is 2.00 bits per heavy atom. The molecule has 1 aromatic carbocycles. The second-order valence-corrected chi connectivity index (χ2v) is 5.42. The predicted octanol–water partition coefficient (Wildman–Crippen LogP) is 3.13. The molecule has 4 heteroatoms. The number of nitrogens with zero attached hydrogens (tertiary/aromatic N) is 1. The molecular weight excluding hydrogens is 246 g/mol. The number of nitrogens with one attached hydrogen (secondary N) is 1. The summed E-state index contributed by atoms with van der Waals surface area (Å²) in [5.74, 6) is 0. The average molecular weight is 268 g/mol. The first-order valence-electron chi connectivity index (χ1n) is 6.68. The lowest BCUT2D eigenvalue weighted by Gasteiger charge is -2.26. The molecule has 0 saturated carbocycles. The van der Waals surface area contributed by atoms with Crippen molar-refractivity contribution in [3.8, 4) is 0 Å². The molecule has 1 aromatic rings. The van der Waals surface area contributed by atoms with E-state index in [4.69, 9.17) is 17.3 Å². The maximum atomic E-state index is 6.04. The summed E-state index contributed by atoms with van der Waals surface area (Å²) in [4.78, 5) is 2.52. The van der Waals surface area contributed by atoms with E-state index >= 15 is 0 Å². The molecule has 0 unspecified atom stereocenters. The van der Waals surface area contributed by atoms with Crippen molar-refractivity contribution in [1.82, 2.24) is 4.90 Å². The van der Waals surface area contributed by atoms with Gasteiger partial charge in [0.2, 0.25) is 0 Å². The number of benzene rings is 1. The quantitative estimate of drug-likeness (QED) is 0.824. The van der Waals surface area contributed by atoms with E-state index in [1.165, 1.54) is 32.4 Å². The van der Waals surface area contributed by atoms with Crippen molar-refractivity contribution in [1.29, 1.82) is 0 Å². The maximum absolute atomic E-state index is 6.04. The number of hydrogen-bond acceptors (Lipinski definition) is 3. The molecule has 1 aliphatic rings. The monoisotopic (exact) mass is 267 g/mol. The maximum Gasteiger partial charge on any atom is 0.0656 e. The SMILES string of the molecule is Cc1cc(N)c(Cl)cc1NCCN1CCCCC1. The second kappa shape index (κ2) is 6.30. The smallest absolute Gasteiger partial charge is 0.0656 e. The van der Waals surface area contributed by atoms with Gasteiger partial charge in [-0.3, -0.25) is 0 Å². The Morgan fingerprint density at radius 3 is 2.72 bits per heavy atom. The van der Waals surface area contributed by atoms with Crippen LogP contribution in [0.1, 0.15) is 24.8 Å². The zero-order valence-corrected chi connectivity index (χ0v) is 11.8. The van der Waals surface area contributed by atoms with Crippen molar-refractivity contribution in [3.05, 3.63) is 22.7 Å². The molecule has 100 valence electrons. The Labute approximate surface area is 114 Å². The van der Waals surface area contributed by atoms with Crippen LogP contribution in [0.25, 0.3) is 0 Å². The van der Waals surface area contributed by atoms with Crippen molar-refractivity contribution < 1.29 is 0 Å². The molecule has 0 aliphatic carbocycles. The van der Waals surface area contributed by atoms with Crippen LogP contribution in [0, 0.1) is 6.92 Å². The molecule has 1 saturated heterocycles. The molecule has 0 bridgehead atoms. The highest BCUT2D eigenvalue weighted by molar-refractivity contribution is 6.33. The van der Waals surface area contributed by atoms with Gasteiger partial charge >= 0.3 is 0 Å². The van der Waals surface area contributed by atoms with Crippen molar-refractivity contribution in [3.63, 3.8) is 0 Å². The van der Waals surface area contributed by atoms with Crippen LogP contribution in [0.15, 0.2) is 12.1 Å². The van der Waals surface area contributed by atoms with Crippen molar-refractivity contribution in [2.75, 3.05) is 37.2 Å². The molecule has 0 spiro atoms. The van der Waals surface area contributed by atoms with Crippen LogP contribution in [0.3, 0.4) is 0 Å². The van der Waals surface area contributed by atoms with Gasteiger partial charge in [0.15, 0.2) is 0 Å². The summed E-state index contributed by atoms with van der Waals surface area (Å²) in [6.45, 7) is 6.59. The summed E-state index contributed by atoms with van der Waals surface area (Å²) >= 11 is 6.04. The van der Waals surface area contributed by atoms with Gasteiger partial charge in [0.05, 0.1) is 10.7 Å². The van der Waals surface area contributed by atoms with Crippen LogP contribution in [-0.2, 0) is 0 Å². The van der Waals surface area contributed by atoms with E-state index in [0.717, 1.165) is 24.3 Å². The number of rotatable bonds is 4. The van der Waals surface area contributed by atoms with Gasteiger partial charge in [0.25, 0.3) is 0 Å². The standard InChI is InChI=1S/C14H22ClN3/c1-11-9-13(16)12(15)10-14(11)17-5-8-18-6-3-2-4-7-18/h9-10,17H,2-8,16H2,1H3. The lowest BCUT2D eigenvalue weighted by Crippen LogP contribution is -2.33. The van der Waals surface area contributed by atoms with Gasteiger partial charge in [-0.15, -0.1) is 0 Å². The third-order valence-electron chi connectivity index (χ3n) is 3.54. The lowest BCUT2D eigenvalue weighted by atomic mass is 10.1. The molecule has 3 N–H and O–H groups in total. The fourth-order valence-electron chi connectivity index (χ4n) is 2.43. The molecule has 1 aliphatic heterocycles. The minimum atomic E-state index is 0.626. The number of aryl methyl sites for hydroxylation is 1. The van der Waals surface area contributed by atoms with E-state index < -0.39 is 0 Å². The number of nitrogens with two attached hydrogens (primary N) is 1. The summed E-state index contributed by atoms with van der Waals surface area (Å²) in [6, 6.07) is 3.84. The Kier molecular flexibility index (Phi) is 4.72. The first-order chi connectivity index (χ1) is 8.66. The van der Waals surface area contributed by atoms with Crippen molar-refractivity contribution in [2.45, 2.75) is 26.2 Å². The molecule has 0 amide bonds. The molecular formula is C14H22ClN3. The van der Waals surface area contributed by atoms with Gasteiger partial charge in [-0.2, -0.15) is 0 Å². The number of hydrogen-bond donors (Lipinski definition) is 2. The molecule has 2 rings (SSSR count). The molecule has 1 heterocycles. The largest absolute Gasteiger partial charge is 0.398 e. The number of anilines is 2. The van der Waals surface area contributed by atoms with E-state index in [1.54, 1.807) is 0 Å². The van der Waals surface area contributed by atoms with Crippen LogP contribution in [0.4, 0.5) is 11.4 Å². The van der Waals surface area contributed by atoms with Crippen molar-refractivity contribution >= 4 is 23.0 Å². The molecule has 0 atom stereocenters. The van der Waals surface area contributed by atoms with Crippen LogP contribution in [0.2, 0.25) is 5.02 Å². The Balaban J connectivity index is 1.84. The molecule has 3 nitrogen and oxygen atoms in total. The minimum absolute atomic E-state index is 0.626. The minimum Gasteiger partial charge on any atom is -0.398 e. The topological polar surface area (TPSA) is 41.3 Å². The highest BCUT2D eigenvalue weighted by atomic mass is 35.5. The summed E-state index contributed by atoms with van der Waals surface area (Å²) in [7, 11) is 0. The van der Waals surface area contributed by atoms with Gasteiger partial charge in [-0.05, 0) is 50.6 Å². The molecule has 0 aromatic heterocycles. The van der Waals surface area contributed by atoms with E-state index in [9.17, 15) is 0 Å². The van der Waals surface area contributed by atoms with Crippen LogP contribution in [0.5, 0.6) is 0 Å². The van der Waals surface area contributed by atoms with Crippen LogP contribution in [-0.4, -0.2) is 31.1 Å². The first kappa shape index (κ1) is 13.5. The van der Waals surface area contributed by atoms with Gasteiger partial charge in [0, 0.05) is 18.8 Å². The zero-order chi connectivity index (χ0) is 13.0. The summed E-state index contributed by atoms with van der Waals surface area (Å²) < 4.78 is 0. The van der Waals surface area contributed by atoms with Crippen LogP contribution < -0.4 is 11.1 Å². The zero-order valence-electron chi connectivity index (χ0n) is 11.0. The van der Waals surface area contributed by atoms with E-state index in [2.05, 4.69) is 17.1 Å². The lowest BCUT2D eigenvalue weighted by molar-refractivity contribution is 0.237. The number of likely N-dealkylation sites (tertiary alicyclic amines) is 1. The number of piperidine rings is 1. The summed E-state index contributed by atoms with van der Waals surface area (Å²) in [6.07, 6.45) is 4.07. The number of halogens is 1. The summed E-state index contributed by atoms with van der Waals surface area (Å²) in [5, 5.41) is 4.07. The second-order valence-electron chi connectivity index (χ2n) is 5.02. The Morgan fingerprint density at radius 1 is 1.28 bits per heavy atom. The number of nitrogen functional groups attached to an aromatic ring is 1.